The number of likely N-dealkylation sites (N-methyl/N-ethyl adjacent to an activating group) is 1. The molecule has 4 aliphatic rings. The molecule has 0 aliphatic heterocycles. The minimum atomic E-state index is -4.88. The number of primary amides is 1. The van der Waals surface area contributed by atoms with E-state index in [0.29, 0.717) is 12.5 Å². The van der Waals surface area contributed by atoms with Gasteiger partial charge in [-0.25, -0.2) is 0 Å². The number of allylic oxidation sites excluding steroid dienone is 1. The van der Waals surface area contributed by atoms with E-state index in [0.717, 1.165) is 18.9 Å². The number of amides is 1. The summed E-state index contributed by atoms with van der Waals surface area (Å²) in [6.45, 7) is 0.328. The van der Waals surface area contributed by atoms with Crippen LogP contribution in [0.1, 0.15) is 46.3 Å². The van der Waals surface area contributed by atoms with Crippen molar-refractivity contribution >= 4 is 17.5 Å². The van der Waals surface area contributed by atoms with Gasteiger partial charge in [0, 0.05) is 18.0 Å². The predicted molar refractivity (Wildman–Crippen MR) is 133 cm³/mol. The van der Waals surface area contributed by atoms with Crippen LogP contribution in [0.4, 0.5) is 13.2 Å². The molecule has 0 aromatic heterocycles. The lowest BCUT2D eigenvalue weighted by Gasteiger charge is -2.50. The number of hydrogen-bond acceptors (Lipinski definition) is 9. The third-order valence-corrected chi connectivity index (χ3v) is 8.54. The number of aromatic hydroxyl groups is 1. The maximum absolute atomic E-state index is 14.5. The van der Waals surface area contributed by atoms with Gasteiger partial charge in [0.1, 0.15) is 22.8 Å². The molecule has 0 heterocycles. The molecule has 0 saturated heterocycles. The average molecular weight is 566 g/mol. The van der Waals surface area contributed by atoms with Gasteiger partial charge in [-0.2, -0.15) is 13.2 Å². The van der Waals surface area contributed by atoms with E-state index in [1.807, 2.05) is 0 Å². The highest BCUT2D eigenvalue weighted by Crippen LogP contribution is 2.53. The number of phenols is 1. The van der Waals surface area contributed by atoms with Crippen LogP contribution in [0, 0.1) is 17.8 Å². The van der Waals surface area contributed by atoms with Crippen LogP contribution in [0.15, 0.2) is 28.7 Å². The molecule has 40 heavy (non-hydrogen) atoms. The Kier molecular flexibility index (Phi) is 6.55. The minimum absolute atomic E-state index is 0.187. The van der Waals surface area contributed by atoms with Crippen LogP contribution >= 0.6 is 0 Å². The topological polar surface area (TPSA) is 173 Å². The van der Waals surface area contributed by atoms with Gasteiger partial charge in [-0.3, -0.25) is 19.3 Å². The van der Waals surface area contributed by atoms with Gasteiger partial charge in [-0.15, -0.1) is 0 Å². The average Bonchev–Trinajstić information content (AvgIpc) is 3.64. The van der Waals surface area contributed by atoms with Gasteiger partial charge < -0.3 is 31.5 Å². The number of nitrogens with zero attached hydrogens (tertiary/aromatic N) is 1. The van der Waals surface area contributed by atoms with E-state index in [9.17, 15) is 48.0 Å². The van der Waals surface area contributed by atoms with Gasteiger partial charge in [0.25, 0.3) is 5.91 Å². The first-order chi connectivity index (χ1) is 18.6. The third kappa shape index (κ3) is 4.10. The van der Waals surface area contributed by atoms with Crippen LogP contribution in [0.2, 0.25) is 0 Å². The number of hydrogen-bond donors (Lipinski definition) is 6. The van der Waals surface area contributed by atoms with Gasteiger partial charge in [0.05, 0.1) is 17.2 Å². The summed E-state index contributed by atoms with van der Waals surface area (Å²) < 4.78 is 43.4. The summed E-state index contributed by atoms with van der Waals surface area (Å²) in [7, 11) is 2.93. The molecule has 0 radical (unpaired) electrons. The number of alkyl halides is 3. The van der Waals surface area contributed by atoms with Crippen molar-refractivity contribution in [2.45, 2.75) is 50.0 Å². The Hall–Kier alpha value is -3.42. The first-order valence-electron chi connectivity index (χ1n) is 12.9. The molecule has 13 heteroatoms. The highest BCUT2D eigenvalue weighted by molar-refractivity contribution is 6.24. The second-order valence-electron chi connectivity index (χ2n) is 11.3. The fourth-order valence-electron chi connectivity index (χ4n) is 6.62. The van der Waals surface area contributed by atoms with Crippen molar-refractivity contribution in [2.24, 2.45) is 23.5 Å². The summed E-state index contributed by atoms with van der Waals surface area (Å²) in [5.74, 6) is -8.58. The number of carbonyl (C=O) groups is 3. The SMILES string of the molecule is CN(C)[C@@H]1C(O)=C(C(N)=O)C(=O)[C@@]2(O)C(O)=C3C(=O)c4c(O)cc(CNCC5CC5)c(C(F)(F)F)c4C[C@H]3C[C@@H]12. The summed E-state index contributed by atoms with van der Waals surface area (Å²) >= 11 is 0. The number of halogens is 3. The Morgan fingerprint density at radius 1 is 1.20 bits per heavy atom. The smallest absolute Gasteiger partial charge is 0.417 e. The molecule has 4 aliphatic carbocycles. The molecule has 10 nitrogen and oxygen atoms in total. The lowest BCUT2D eigenvalue weighted by atomic mass is 9.58. The van der Waals surface area contributed by atoms with E-state index >= 15 is 0 Å². The summed E-state index contributed by atoms with van der Waals surface area (Å²) in [5, 5.41) is 47.4. The van der Waals surface area contributed by atoms with E-state index in [-0.39, 0.29) is 18.5 Å². The maximum Gasteiger partial charge on any atom is 0.417 e. The molecule has 1 amide bonds. The van der Waals surface area contributed by atoms with Crippen LogP contribution in [0.3, 0.4) is 0 Å². The highest BCUT2D eigenvalue weighted by atomic mass is 19.4. The fourth-order valence-corrected chi connectivity index (χ4v) is 6.62. The fraction of sp³-hybridized carbons (Fsp3) is 0.519. The Morgan fingerprint density at radius 3 is 2.40 bits per heavy atom. The molecule has 1 aromatic rings. The van der Waals surface area contributed by atoms with E-state index in [1.165, 1.54) is 19.0 Å². The number of phenolic OH excluding ortho intramolecular Hbond substituents is 1. The number of rotatable bonds is 6. The molecule has 0 bridgehead atoms. The van der Waals surface area contributed by atoms with Gasteiger partial charge in [-0.05, 0) is 75.4 Å². The number of Topliss-reactive ketones (excluding diaryl/α,β-unsaturated/α-hetero) is 2. The van der Waals surface area contributed by atoms with Crippen molar-refractivity contribution in [3.8, 4) is 5.75 Å². The molecule has 1 saturated carbocycles. The molecule has 4 atom stereocenters. The summed E-state index contributed by atoms with van der Waals surface area (Å²) in [4.78, 5) is 40.4. The Morgan fingerprint density at radius 2 is 1.85 bits per heavy atom. The summed E-state index contributed by atoms with van der Waals surface area (Å²) in [5.41, 5.74) is -1.43. The van der Waals surface area contributed by atoms with Crippen LogP contribution in [0.5, 0.6) is 5.75 Å². The summed E-state index contributed by atoms with van der Waals surface area (Å²) in [6.07, 6.45) is -3.64. The third-order valence-electron chi connectivity index (χ3n) is 8.54. The zero-order valence-corrected chi connectivity index (χ0v) is 21.8. The normalized spacial score (nSPS) is 28.5. The molecular weight excluding hydrogens is 535 g/mol. The Balaban J connectivity index is 1.67. The maximum atomic E-state index is 14.5. The number of fused-ring (bicyclic) bond motifs is 3. The van der Waals surface area contributed by atoms with Crippen molar-refractivity contribution in [3.63, 3.8) is 0 Å². The monoisotopic (exact) mass is 565 g/mol. The number of aliphatic hydroxyl groups excluding tert-OH is 2. The van der Waals surface area contributed by atoms with Crippen molar-refractivity contribution in [2.75, 3.05) is 20.6 Å². The predicted octanol–water partition coefficient (Wildman–Crippen LogP) is 1.64. The van der Waals surface area contributed by atoms with Crippen LogP contribution in [0.25, 0.3) is 0 Å². The lowest BCUT2D eigenvalue weighted by Crippen LogP contribution is -2.63. The number of ketones is 2. The van der Waals surface area contributed by atoms with E-state index in [2.05, 4.69) is 5.32 Å². The van der Waals surface area contributed by atoms with Crippen molar-refractivity contribution in [1.29, 1.82) is 0 Å². The van der Waals surface area contributed by atoms with Gasteiger partial charge in [-0.1, -0.05) is 0 Å². The number of aliphatic hydroxyl groups is 3. The number of nitrogens with two attached hydrogens (primary N) is 1. The molecule has 216 valence electrons. The Bertz CT molecular complexity index is 1400. The second-order valence-corrected chi connectivity index (χ2v) is 11.3. The standard InChI is InChI=1S/C27H30F3N3O7/c1-33(2)20-14-6-11-5-13-17(15(34)7-12(19(13)27(28,29)30)9-32-8-10-3-4-10)21(35)16(11)23(37)26(14,40)24(38)18(22(20)36)25(31)39/h7,10-11,14,20,32,34,36-37,40H,3-6,8-9H2,1-2H3,(H2,31,39)/t11-,14-,20-,26-/m0/s1. The van der Waals surface area contributed by atoms with E-state index in [4.69, 9.17) is 5.73 Å². The van der Waals surface area contributed by atoms with Crippen LogP contribution in [-0.4, -0.2) is 75.1 Å². The first-order valence-corrected chi connectivity index (χ1v) is 12.9. The van der Waals surface area contributed by atoms with E-state index < -0.39 is 98.7 Å². The highest BCUT2D eigenvalue weighted by Gasteiger charge is 2.63. The molecule has 7 N–H and O–H groups in total. The molecule has 5 rings (SSSR count). The molecule has 0 spiro atoms. The molecule has 1 fully saturated rings. The van der Waals surface area contributed by atoms with Crippen molar-refractivity contribution in [1.82, 2.24) is 10.2 Å². The minimum Gasteiger partial charge on any atom is -0.510 e. The Labute approximate surface area is 227 Å². The number of benzene rings is 1. The van der Waals surface area contributed by atoms with Gasteiger partial charge in [0.2, 0.25) is 5.78 Å². The first kappa shape index (κ1) is 28.1. The number of carbonyl (C=O) groups excluding carboxylic acids is 3. The lowest BCUT2D eigenvalue weighted by molar-refractivity contribution is -0.148. The van der Waals surface area contributed by atoms with Crippen LogP contribution in [-0.2, 0) is 28.7 Å². The quantitative estimate of drug-likeness (QED) is 0.280. The van der Waals surface area contributed by atoms with Crippen molar-refractivity contribution in [3.05, 3.63) is 51.0 Å². The van der Waals surface area contributed by atoms with Crippen LogP contribution < -0.4 is 11.1 Å². The van der Waals surface area contributed by atoms with E-state index in [1.54, 1.807) is 0 Å². The second kappa shape index (κ2) is 9.32. The summed E-state index contributed by atoms with van der Waals surface area (Å²) in [6, 6.07) is -0.365. The molecular formula is C27H30F3N3O7. The van der Waals surface area contributed by atoms with Gasteiger partial charge >= 0.3 is 6.18 Å². The largest absolute Gasteiger partial charge is 0.510 e. The van der Waals surface area contributed by atoms with Gasteiger partial charge in [0.15, 0.2) is 11.4 Å². The molecule has 1 aromatic carbocycles. The zero-order chi connectivity index (χ0) is 29.5. The van der Waals surface area contributed by atoms with Crippen molar-refractivity contribution < 1.29 is 48.0 Å². The zero-order valence-electron chi connectivity index (χ0n) is 21.8. The number of nitrogens with one attached hydrogen (secondary N) is 1. The molecule has 0 unspecified atom stereocenters.